The Hall–Kier alpha value is -0.550. The van der Waals surface area contributed by atoms with Gasteiger partial charge in [0.05, 0.1) is 13.2 Å². The van der Waals surface area contributed by atoms with Crippen LogP contribution in [0.2, 0.25) is 0 Å². The third kappa shape index (κ3) is 4.80. The number of thioether (sulfide) groups is 1. The van der Waals surface area contributed by atoms with Crippen molar-refractivity contribution >= 4 is 11.8 Å². The highest BCUT2D eigenvalue weighted by Crippen LogP contribution is 2.25. The fraction of sp³-hybridized carbons (Fsp3) is 0.600. The number of hydrogen-bond donors (Lipinski definition) is 1. The summed E-state index contributed by atoms with van der Waals surface area (Å²) in [4.78, 5) is 3.80. The second-order valence-corrected chi connectivity index (χ2v) is 6.04. The van der Waals surface area contributed by atoms with E-state index in [2.05, 4.69) is 48.3 Å². The van der Waals surface area contributed by atoms with Crippen LogP contribution in [0, 0.1) is 6.92 Å². The molecule has 106 valence electrons. The molecule has 0 bridgehead atoms. The van der Waals surface area contributed by atoms with Gasteiger partial charge in [0.15, 0.2) is 0 Å². The molecule has 1 unspecified atom stereocenters. The van der Waals surface area contributed by atoms with E-state index in [9.17, 15) is 0 Å². The van der Waals surface area contributed by atoms with Crippen LogP contribution >= 0.6 is 11.8 Å². The molecule has 0 aliphatic carbocycles. The smallest absolute Gasteiger partial charge is 0.113 e. The quantitative estimate of drug-likeness (QED) is 0.639. The molecule has 1 aromatic carbocycles. The molecule has 0 amide bonds. The van der Waals surface area contributed by atoms with E-state index in [1.807, 2.05) is 11.8 Å². The van der Waals surface area contributed by atoms with E-state index < -0.39 is 0 Å². The Morgan fingerprint density at radius 2 is 1.95 bits per heavy atom. The van der Waals surface area contributed by atoms with Gasteiger partial charge in [-0.25, -0.2) is 0 Å². The van der Waals surface area contributed by atoms with Gasteiger partial charge in [-0.05, 0) is 32.0 Å². The first-order valence-electron chi connectivity index (χ1n) is 7.08. The highest BCUT2D eigenvalue weighted by atomic mass is 32.2. The van der Waals surface area contributed by atoms with Crippen LogP contribution in [0.5, 0.6) is 0 Å². The Labute approximate surface area is 120 Å². The predicted octanol–water partition coefficient (Wildman–Crippen LogP) is 2.70. The standard InChI is InChI=1S/C15H24N2OS/c1-3-8-16-15(17-9-11-18-12-10-17)19-14-6-4-13(2)5-7-14/h4-7,15-16H,3,8-12H2,1-2H3. The molecule has 0 spiro atoms. The minimum Gasteiger partial charge on any atom is -0.379 e. The number of benzene rings is 1. The molecular weight excluding hydrogens is 256 g/mol. The zero-order valence-corrected chi connectivity index (χ0v) is 12.7. The van der Waals surface area contributed by atoms with E-state index in [1.54, 1.807) is 0 Å². The Kier molecular flexibility index (Phi) is 6.17. The fourth-order valence-electron chi connectivity index (χ4n) is 2.07. The summed E-state index contributed by atoms with van der Waals surface area (Å²) in [5.41, 5.74) is 1.67. The zero-order chi connectivity index (χ0) is 13.5. The topological polar surface area (TPSA) is 24.5 Å². The number of morpholine rings is 1. The number of rotatable bonds is 6. The highest BCUT2D eigenvalue weighted by Gasteiger charge is 2.21. The largest absolute Gasteiger partial charge is 0.379 e. The number of nitrogens with zero attached hydrogens (tertiary/aromatic N) is 1. The normalized spacial score (nSPS) is 18.4. The number of nitrogens with one attached hydrogen (secondary N) is 1. The Morgan fingerprint density at radius 3 is 2.58 bits per heavy atom. The van der Waals surface area contributed by atoms with Gasteiger partial charge in [0.25, 0.3) is 0 Å². The summed E-state index contributed by atoms with van der Waals surface area (Å²) in [6.07, 6.45) is 1.16. The summed E-state index contributed by atoms with van der Waals surface area (Å²) in [7, 11) is 0. The second kappa shape index (κ2) is 7.90. The monoisotopic (exact) mass is 280 g/mol. The molecule has 1 N–H and O–H groups in total. The van der Waals surface area contributed by atoms with Gasteiger partial charge < -0.3 is 4.74 Å². The molecule has 1 heterocycles. The van der Waals surface area contributed by atoms with E-state index in [0.29, 0.717) is 5.50 Å². The molecule has 1 saturated heterocycles. The van der Waals surface area contributed by atoms with Crippen molar-refractivity contribution in [3.63, 3.8) is 0 Å². The van der Waals surface area contributed by atoms with Crippen molar-refractivity contribution in [1.29, 1.82) is 0 Å². The van der Waals surface area contributed by atoms with Crippen LogP contribution in [-0.4, -0.2) is 43.2 Å². The minimum absolute atomic E-state index is 0.353. The molecular formula is C15H24N2OS. The first-order chi connectivity index (χ1) is 9.29. The summed E-state index contributed by atoms with van der Waals surface area (Å²) < 4.78 is 5.44. The van der Waals surface area contributed by atoms with Crippen LogP contribution in [0.3, 0.4) is 0 Å². The fourth-order valence-corrected chi connectivity index (χ4v) is 3.18. The molecule has 19 heavy (non-hydrogen) atoms. The molecule has 0 aromatic heterocycles. The molecule has 0 radical (unpaired) electrons. The van der Waals surface area contributed by atoms with Gasteiger partial charge in [-0.3, -0.25) is 10.2 Å². The van der Waals surface area contributed by atoms with Gasteiger partial charge in [-0.1, -0.05) is 36.4 Å². The summed E-state index contributed by atoms with van der Waals surface area (Å²) >= 11 is 1.90. The maximum atomic E-state index is 5.44. The van der Waals surface area contributed by atoms with E-state index in [0.717, 1.165) is 39.3 Å². The Bertz CT molecular complexity index is 363. The average Bonchev–Trinajstić information content (AvgIpc) is 2.46. The Balaban J connectivity index is 1.97. The molecule has 0 saturated carbocycles. The lowest BCUT2D eigenvalue weighted by molar-refractivity contribution is 0.0276. The lowest BCUT2D eigenvalue weighted by atomic mass is 10.2. The third-order valence-corrected chi connectivity index (χ3v) is 4.45. The number of hydrogen-bond acceptors (Lipinski definition) is 4. The van der Waals surface area contributed by atoms with Crippen LogP contribution < -0.4 is 5.32 Å². The van der Waals surface area contributed by atoms with Gasteiger partial charge in [-0.15, -0.1) is 0 Å². The van der Waals surface area contributed by atoms with Crippen molar-refractivity contribution in [2.75, 3.05) is 32.8 Å². The van der Waals surface area contributed by atoms with E-state index >= 15 is 0 Å². The molecule has 1 fully saturated rings. The van der Waals surface area contributed by atoms with Crippen molar-refractivity contribution < 1.29 is 4.74 Å². The molecule has 1 aliphatic heterocycles. The first kappa shape index (κ1) is 14.9. The van der Waals surface area contributed by atoms with Crippen LogP contribution in [0.4, 0.5) is 0 Å². The lowest BCUT2D eigenvalue weighted by Gasteiger charge is -2.34. The summed E-state index contributed by atoms with van der Waals surface area (Å²) in [6.45, 7) is 9.11. The van der Waals surface area contributed by atoms with Crippen LogP contribution in [-0.2, 0) is 4.74 Å². The SMILES string of the molecule is CCCNC(Sc1ccc(C)cc1)N1CCOCC1. The van der Waals surface area contributed by atoms with Crippen molar-refractivity contribution in [1.82, 2.24) is 10.2 Å². The summed E-state index contributed by atoms with van der Waals surface area (Å²) in [5.74, 6) is 0. The van der Waals surface area contributed by atoms with Gasteiger partial charge >= 0.3 is 0 Å². The van der Waals surface area contributed by atoms with E-state index in [1.165, 1.54) is 10.5 Å². The highest BCUT2D eigenvalue weighted by molar-refractivity contribution is 7.99. The molecule has 1 aliphatic rings. The predicted molar refractivity (Wildman–Crippen MR) is 81.5 cm³/mol. The van der Waals surface area contributed by atoms with Crippen LogP contribution in [0.25, 0.3) is 0 Å². The maximum absolute atomic E-state index is 5.44. The van der Waals surface area contributed by atoms with Crippen molar-refractivity contribution in [3.05, 3.63) is 29.8 Å². The molecule has 1 atom stereocenters. The zero-order valence-electron chi connectivity index (χ0n) is 11.9. The van der Waals surface area contributed by atoms with Gasteiger partial charge in [-0.2, -0.15) is 0 Å². The molecule has 4 heteroatoms. The molecule has 3 nitrogen and oxygen atoms in total. The average molecular weight is 280 g/mol. The van der Waals surface area contributed by atoms with E-state index in [-0.39, 0.29) is 0 Å². The van der Waals surface area contributed by atoms with Crippen molar-refractivity contribution in [3.8, 4) is 0 Å². The lowest BCUT2D eigenvalue weighted by Crippen LogP contribution is -2.49. The molecule has 2 rings (SSSR count). The van der Waals surface area contributed by atoms with E-state index in [4.69, 9.17) is 4.74 Å². The van der Waals surface area contributed by atoms with Crippen molar-refractivity contribution in [2.45, 2.75) is 30.7 Å². The second-order valence-electron chi connectivity index (χ2n) is 4.89. The third-order valence-electron chi connectivity index (χ3n) is 3.21. The summed E-state index contributed by atoms with van der Waals surface area (Å²) in [5, 5.41) is 3.64. The number of aryl methyl sites for hydroxylation is 1. The molecule has 1 aromatic rings. The van der Waals surface area contributed by atoms with Gasteiger partial charge in [0, 0.05) is 18.0 Å². The van der Waals surface area contributed by atoms with Crippen LogP contribution in [0.15, 0.2) is 29.2 Å². The van der Waals surface area contributed by atoms with Gasteiger partial charge in [0.2, 0.25) is 0 Å². The van der Waals surface area contributed by atoms with Crippen LogP contribution in [0.1, 0.15) is 18.9 Å². The minimum atomic E-state index is 0.353. The van der Waals surface area contributed by atoms with Gasteiger partial charge in [0.1, 0.15) is 5.50 Å². The Morgan fingerprint density at radius 1 is 1.26 bits per heavy atom. The first-order valence-corrected chi connectivity index (χ1v) is 7.96. The maximum Gasteiger partial charge on any atom is 0.113 e. The number of ether oxygens (including phenoxy) is 1. The summed E-state index contributed by atoms with van der Waals surface area (Å²) in [6, 6.07) is 8.78. The van der Waals surface area contributed by atoms with Crippen molar-refractivity contribution in [2.24, 2.45) is 0 Å².